The summed E-state index contributed by atoms with van der Waals surface area (Å²) in [5.41, 5.74) is 0.856. The summed E-state index contributed by atoms with van der Waals surface area (Å²) < 4.78 is 28.6. The fourth-order valence-electron chi connectivity index (χ4n) is 2.20. The Morgan fingerprint density at radius 3 is 2.41 bits per heavy atom. The highest BCUT2D eigenvalue weighted by atomic mass is 19.1. The van der Waals surface area contributed by atoms with Crippen LogP contribution in [0.1, 0.15) is 5.56 Å². The number of carboxylic acid groups (broad SMARTS) is 1. The Labute approximate surface area is 155 Å². The molecule has 0 radical (unpaired) electrons. The molecule has 2 aromatic carbocycles. The number of carbonyl (C=O) groups is 2. The van der Waals surface area contributed by atoms with Crippen molar-refractivity contribution in [3.8, 4) is 17.2 Å². The second-order valence-corrected chi connectivity index (χ2v) is 5.62. The van der Waals surface area contributed by atoms with E-state index >= 15 is 0 Å². The number of ether oxygens (including phenoxy) is 3. The Kier molecular flexibility index (Phi) is 6.99. The van der Waals surface area contributed by atoms with Gasteiger partial charge in [-0.25, -0.2) is 9.18 Å². The first-order valence-electron chi connectivity index (χ1n) is 8.08. The van der Waals surface area contributed by atoms with Crippen molar-refractivity contribution < 1.29 is 33.3 Å². The van der Waals surface area contributed by atoms with Crippen LogP contribution in [-0.2, 0) is 9.59 Å². The van der Waals surface area contributed by atoms with Gasteiger partial charge in [0.25, 0.3) is 5.91 Å². The third kappa shape index (κ3) is 6.18. The van der Waals surface area contributed by atoms with Crippen molar-refractivity contribution in [1.29, 1.82) is 0 Å². The topological polar surface area (TPSA) is 94.1 Å². The molecule has 27 heavy (non-hydrogen) atoms. The number of halogens is 1. The van der Waals surface area contributed by atoms with E-state index in [1.165, 1.54) is 12.1 Å². The number of aliphatic carboxylic acids is 1. The number of rotatable bonds is 9. The van der Waals surface area contributed by atoms with Crippen LogP contribution in [-0.4, -0.2) is 43.3 Å². The summed E-state index contributed by atoms with van der Waals surface area (Å²) >= 11 is 0. The van der Waals surface area contributed by atoms with Gasteiger partial charge in [0.2, 0.25) is 6.10 Å². The van der Waals surface area contributed by atoms with Crippen LogP contribution in [0.4, 0.5) is 4.39 Å². The minimum atomic E-state index is -1.32. The largest absolute Gasteiger partial charge is 0.496 e. The van der Waals surface area contributed by atoms with Crippen molar-refractivity contribution >= 4 is 11.9 Å². The molecule has 1 amide bonds. The van der Waals surface area contributed by atoms with E-state index in [2.05, 4.69) is 5.32 Å². The lowest BCUT2D eigenvalue weighted by Crippen LogP contribution is -2.41. The van der Waals surface area contributed by atoms with Crippen LogP contribution >= 0.6 is 0 Å². The van der Waals surface area contributed by atoms with Gasteiger partial charge in [-0.2, -0.15) is 0 Å². The van der Waals surface area contributed by atoms with Crippen LogP contribution in [0.15, 0.2) is 42.5 Å². The molecule has 0 saturated carbocycles. The lowest BCUT2D eigenvalue weighted by molar-refractivity contribution is -0.145. The van der Waals surface area contributed by atoms with Crippen LogP contribution in [0.3, 0.4) is 0 Å². The molecule has 1 unspecified atom stereocenters. The summed E-state index contributed by atoms with van der Waals surface area (Å²) in [4.78, 5) is 23.2. The SMILES string of the molecule is COc1ccc(OCC(=O)NCC(Oc2ccc(F)cc2)C(=O)O)cc1C. The maximum atomic E-state index is 12.9. The van der Waals surface area contributed by atoms with E-state index in [1.807, 2.05) is 6.92 Å². The van der Waals surface area contributed by atoms with E-state index < -0.39 is 23.8 Å². The number of nitrogens with one attached hydrogen (secondary N) is 1. The monoisotopic (exact) mass is 377 g/mol. The number of carbonyl (C=O) groups excluding carboxylic acids is 1. The number of aryl methyl sites for hydroxylation is 1. The van der Waals surface area contributed by atoms with Crippen molar-refractivity contribution in [2.75, 3.05) is 20.3 Å². The summed E-state index contributed by atoms with van der Waals surface area (Å²) in [7, 11) is 1.56. The maximum absolute atomic E-state index is 12.9. The minimum Gasteiger partial charge on any atom is -0.496 e. The number of hydrogen-bond donors (Lipinski definition) is 2. The Morgan fingerprint density at radius 1 is 1.15 bits per heavy atom. The molecule has 0 aromatic heterocycles. The average Bonchev–Trinajstić information content (AvgIpc) is 2.64. The van der Waals surface area contributed by atoms with E-state index in [9.17, 15) is 19.1 Å². The van der Waals surface area contributed by atoms with Gasteiger partial charge in [0.05, 0.1) is 13.7 Å². The van der Waals surface area contributed by atoms with Gasteiger partial charge in [0, 0.05) is 0 Å². The number of methoxy groups -OCH3 is 1. The van der Waals surface area contributed by atoms with Crippen LogP contribution in [0, 0.1) is 12.7 Å². The van der Waals surface area contributed by atoms with Gasteiger partial charge < -0.3 is 24.6 Å². The molecule has 0 spiro atoms. The van der Waals surface area contributed by atoms with E-state index in [0.29, 0.717) is 11.5 Å². The zero-order chi connectivity index (χ0) is 19.8. The fourth-order valence-corrected chi connectivity index (χ4v) is 2.20. The summed E-state index contributed by atoms with van der Waals surface area (Å²) in [6, 6.07) is 10.0. The van der Waals surface area contributed by atoms with Crippen molar-refractivity contribution in [1.82, 2.24) is 5.32 Å². The van der Waals surface area contributed by atoms with Crippen LogP contribution < -0.4 is 19.5 Å². The van der Waals surface area contributed by atoms with Crippen LogP contribution in [0.5, 0.6) is 17.2 Å². The van der Waals surface area contributed by atoms with E-state index in [-0.39, 0.29) is 18.9 Å². The van der Waals surface area contributed by atoms with Crippen molar-refractivity contribution in [3.05, 3.63) is 53.8 Å². The van der Waals surface area contributed by atoms with Gasteiger partial charge in [0.1, 0.15) is 23.1 Å². The molecule has 0 fully saturated rings. The molecular weight excluding hydrogens is 357 g/mol. The van der Waals surface area contributed by atoms with Gasteiger partial charge >= 0.3 is 5.97 Å². The molecule has 144 valence electrons. The summed E-state index contributed by atoms with van der Waals surface area (Å²) in [6.07, 6.45) is -1.32. The summed E-state index contributed by atoms with van der Waals surface area (Å²) in [5, 5.41) is 11.6. The number of hydrogen-bond acceptors (Lipinski definition) is 5. The molecule has 2 N–H and O–H groups in total. The van der Waals surface area contributed by atoms with E-state index in [1.54, 1.807) is 25.3 Å². The Hall–Kier alpha value is -3.29. The number of carboxylic acids is 1. The molecule has 2 aromatic rings. The zero-order valence-electron chi connectivity index (χ0n) is 14.9. The first-order valence-corrected chi connectivity index (χ1v) is 8.08. The predicted molar refractivity (Wildman–Crippen MR) is 94.7 cm³/mol. The molecule has 2 rings (SSSR count). The number of benzene rings is 2. The van der Waals surface area contributed by atoms with Crippen LogP contribution in [0.2, 0.25) is 0 Å². The number of amides is 1. The third-order valence-corrected chi connectivity index (χ3v) is 3.59. The van der Waals surface area contributed by atoms with Crippen molar-refractivity contribution in [2.45, 2.75) is 13.0 Å². The molecule has 0 aliphatic rings. The second kappa shape index (κ2) is 9.42. The smallest absolute Gasteiger partial charge is 0.346 e. The first kappa shape index (κ1) is 20.0. The average molecular weight is 377 g/mol. The second-order valence-electron chi connectivity index (χ2n) is 5.62. The molecule has 8 heteroatoms. The Bertz CT molecular complexity index is 793. The molecule has 0 heterocycles. The maximum Gasteiger partial charge on any atom is 0.346 e. The highest BCUT2D eigenvalue weighted by Gasteiger charge is 2.20. The highest BCUT2D eigenvalue weighted by Crippen LogP contribution is 2.22. The molecule has 0 bridgehead atoms. The van der Waals surface area contributed by atoms with Crippen LogP contribution in [0.25, 0.3) is 0 Å². The highest BCUT2D eigenvalue weighted by molar-refractivity contribution is 5.79. The first-order chi connectivity index (χ1) is 12.9. The van der Waals surface area contributed by atoms with Gasteiger partial charge in [-0.1, -0.05) is 0 Å². The standard InChI is InChI=1S/C19H20FNO6/c1-12-9-15(7-8-16(12)25-2)26-11-18(22)21-10-17(19(23)24)27-14-5-3-13(20)4-6-14/h3-9,17H,10-11H2,1-2H3,(H,21,22)(H,23,24). The Morgan fingerprint density at radius 2 is 1.81 bits per heavy atom. The normalized spacial score (nSPS) is 11.4. The molecule has 0 aliphatic heterocycles. The zero-order valence-corrected chi connectivity index (χ0v) is 14.9. The lowest BCUT2D eigenvalue weighted by Gasteiger charge is -2.16. The van der Waals surface area contributed by atoms with Crippen molar-refractivity contribution in [2.24, 2.45) is 0 Å². The molecular formula is C19H20FNO6. The Balaban J connectivity index is 1.83. The molecule has 7 nitrogen and oxygen atoms in total. The minimum absolute atomic E-state index is 0.183. The van der Waals surface area contributed by atoms with Gasteiger partial charge in [-0.15, -0.1) is 0 Å². The predicted octanol–water partition coefficient (Wildman–Crippen LogP) is 2.17. The third-order valence-electron chi connectivity index (χ3n) is 3.59. The fraction of sp³-hybridized carbons (Fsp3) is 0.263. The van der Waals surface area contributed by atoms with Gasteiger partial charge in [0.15, 0.2) is 6.61 Å². The van der Waals surface area contributed by atoms with E-state index in [4.69, 9.17) is 14.2 Å². The summed E-state index contributed by atoms with van der Waals surface area (Å²) in [5.74, 6) is -0.852. The van der Waals surface area contributed by atoms with Gasteiger partial charge in [-0.3, -0.25) is 4.79 Å². The molecule has 0 saturated heterocycles. The van der Waals surface area contributed by atoms with Crippen molar-refractivity contribution in [3.63, 3.8) is 0 Å². The quantitative estimate of drug-likeness (QED) is 0.696. The molecule has 0 aliphatic carbocycles. The van der Waals surface area contributed by atoms with E-state index in [0.717, 1.165) is 17.7 Å². The summed E-state index contributed by atoms with van der Waals surface area (Å²) in [6.45, 7) is 1.29. The lowest BCUT2D eigenvalue weighted by atomic mass is 10.2. The van der Waals surface area contributed by atoms with Gasteiger partial charge in [-0.05, 0) is 55.0 Å². The molecule has 1 atom stereocenters.